The summed E-state index contributed by atoms with van der Waals surface area (Å²) in [6.45, 7) is 1.37. The van der Waals surface area contributed by atoms with Crippen LogP contribution in [0, 0.1) is 0 Å². The number of rotatable bonds is 2. The van der Waals surface area contributed by atoms with Crippen molar-refractivity contribution in [3.8, 4) is 5.75 Å². The Morgan fingerprint density at radius 1 is 1.18 bits per heavy atom. The van der Waals surface area contributed by atoms with Crippen molar-refractivity contribution in [3.63, 3.8) is 0 Å². The van der Waals surface area contributed by atoms with E-state index in [-0.39, 0.29) is 5.38 Å². The van der Waals surface area contributed by atoms with Crippen LogP contribution in [0.4, 0.5) is 5.69 Å². The van der Waals surface area contributed by atoms with Gasteiger partial charge >= 0.3 is 0 Å². The summed E-state index contributed by atoms with van der Waals surface area (Å²) in [7, 11) is 3.75. The summed E-state index contributed by atoms with van der Waals surface area (Å²) in [5, 5.41) is -0.000959. The van der Waals surface area contributed by atoms with Crippen molar-refractivity contribution >= 4 is 23.0 Å². The predicted molar refractivity (Wildman–Crippen MR) is 92.9 cm³/mol. The number of anilines is 1. The second kappa shape index (κ2) is 6.41. The normalized spacial score (nSPS) is 20.4. The van der Waals surface area contributed by atoms with E-state index in [4.69, 9.17) is 21.3 Å². The minimum Gasteiger partial charge on any atom is -0.497 e. The van der Waals surface area contributed by atoms with Gasteiger partial charge in [0.2, 0.25) is 0 Å². The zero-order valence-corrected chi connectivity index (χ0v) is 13.5. The lowest BCUT2D eigenvalue weighted by Gasteiger charge is -2.28. The Morgan fingerprint density at radius 2 is 1.95 bits per heavy atom. The zero-order chi connectivity index (χ0) is 15.5. The maximum atomic E-state index is 6.39. The number of ether oxygens (including phenoxy) is 1. The lowest BCUT2D eigenvalue weighted by Crippen LogP contribution is -2.31. The van der Waals surface area contributed by atoms with Gasteiger partial charge in [0.25, 0.3) is 0 Å². The van der Waals surface area contributed by atoms with E-state index in [2.05, 4.69) is 30.1 Å². The van der Waals surface area contributed by atoms with Crippen molar-refractivity contribution in [2.24, 2.45) is 4.99 Å². The smallest absolute Gasteiger partial charge is 0.119 e. The number of fused-ring (bicyclic) bond motifs is 1. The quantitative estimate of drug-likeness (QED) is 0.791. The zero-order valence-electron chi connectivity index (χ0n) is 12.8. The average molecular weight is 315 g/mol. The summed E-state index contributed by atoms with van der Waals surface area (Å²) in [5.41, 5.74) is 4.26. The van der Waals surface area contributed by atoms with Gasteiger partial charge < -0.3 is 9.64 Å². The summed E-state index contributed by atoms with van der Waals surface area (Å²) in [4.78, 5) is 6.97. The third kappa shape index (κ3) is 2.95. The molecule has 0 N–H and O–H groups in total. The Bertz CT molecular complexity index is 685. The average Bonchev–Trinajstić information content (AvgIpc) is 2.54. The molecule has 0 spiro atoms. The lowest BCUT2D eigenvalue weighted by atomic mass is 9.98. The van der Waals surface area contributed by atoms with Gasteiger partial charge in [0.1, 0.15) is 5.75 Å². The van der Waals surface area contributed by atoms with E-state index in [9.17, 15) is 0 Å². The van der Waals surface area contributed by atoms with Crippen LogP contribution in [-0.4, -0.2) is 38.3 Å². The SMILES string of the molecule is COc1ccc2c(c1)/C(c1ccccc1)=N\CC(Cl)CN2C. The second-order valence-electron chi connectivity index (χ2n) is 5.42. The first kappa shape index (κ1) is 14.9. The largest absolute Gasteiger partial charge is 0.497 e. The fraction of sp³-hybridized carbons (Fsp3) is 0.278. The van der Waals surface area contributed by atoms with Gasteiger partial charge in [0.15, 0.2) is 0 Å². The molecule has 0 aliphatic carbocycles. The Morgan fingerprint density at radius 3 is 2.68 bits per heavy atom. The van der Waals surface area contributed by atoms with Gasteiger partial charge in [-0.05, 0) is 18.2 Å². The molecule has 1 unspecified atom stereocenters. The van der Waals surface area contributed by atoms with E-state index < -0.39 is 0 Å². The number of aliphatic imine (C=N–C) groups is 1. The van der Waals surface area contributed by atoms with Crippen LogP contribution in [0.3, 0.4) is 0 Å². The molecule has 22 heavy (non-hydrogen) atoms. The number of halogens is 1. The number of hydrogen-bond acceptors (Lipinski definition) is 3. The fourth-order valence-electron chi connectivity index (χ4n) is 2.74. The number of methoxy groups -OCH3 is 1. The van der Waals surface area contributed by atoms with Gasteiger partial charge in [-0.1, -0.05) is 30.3 Å². The highest BCUT2D eigenvalue weighted by molar-refractivity contribution is 6.22. The summed E-state index contributed by atoms with van der Waals surface area (Å²) >= 11 is 6.39. The summed E-state index contributed by atoms with van der Waals surface area (Å²) in [5.74, 6) is 0.832. The van der Waals surface area contributed by atoms with Gasteiger partial charge in [-0.2, -0.15) is 0 Å². The van der Waals surface area contributed by atoms with Crippen molar-refractivity contribution in [2.75, 3.05) is 32.1 Å². The van der Waals surface area contributed by atoms with E-state index in [1.807, 2.05) is 30.3 Å². The molecule has 1 aliphatic rings. The van der Waals surface area contributed by atoms with Crippen LogP contribution in [0.5, 0.6) is 5.75 Å². The Kier molecular flexibility index (Phi) is 4.34. The summed E-state index contributed by atoms with van der Waals surface area (Å²) in [6.07, 6.45) is 0. The molecular formula is C18H19ClN2O. The molecule has 2 aromatic carbocycles. The van der Waals surface area contributed by atoms with Crippen molar-refractivity contribution in [1.29, 1.82) is 0 Å². The molecule has 3 nitrogen and oxygen atoms in total. The van der Waals surface area contributed by atoms with Crippen molar-refractivity contribution < 1.29 is 4.74 Å². The molecule has 0 saturated carbocycles. The van der Waals surface area contributed by atoms with E-state index >= 15 is 0 Å². The topological polar surface area (TPSA) is 24.8 Å². The predicted octanol–water partition coefficient (Wildman–Crippen LogP) is 3.59. The van der Waals surface area contributed by atoms with Crippen LogP contribution in [0.15, 0.2) is 53.5 Å². The van der Waals surface area contributed by atoms with Crippen molar-refractivity contribution in [3.05, 3.63) is 59.7 Å². The number of alkyl halides is 1. The molecule has 1 atom stereocenters. The molecule has 3 rings (SSSR count). The molecular weight excluding hydrogens is 296 g/mol. The fourth-order valence-corrected chi connectivity index (χ4v) is 3.01. The molecule has 0 fully saturated rings. The van der Waals surface area contributed by atoms with Gasteiger partial charge in [-0.15, -0.1) is 11.6 Å². The number of benzene rings is 2. The first-order chi connectivity index (χ1) is 10.7. The number of hydrogen-bond donors (Lipinski definition) is 0. The molecule has 114 valence electrons. The molecule has 1 aliphatic heterocycles. The molecule has 0 radical (unpaired) electrons. The maximum absolute atomic E-state index is 6.39. The number of nitrogens with zero attached hydrogens (tertiary/aromatic N) is 2. The third-order valence-electron chi connectivity index (χ3n) is 3.84. The Hall–Kier alpha value is -2.00. The van der Waals surface area contributed by atoms with E-state index in [1.165, 1.54) is 0 Å². The monoisotopic (exact) mass is 314 g/mol. The van der Waals surface area contributed by atoms with Crippen LogP contribution < -0.4 is 9.64 Å². The Balaban J connectivity index is 2.18. The van der Waals surface area contributed by atoms with Crippen LogP contribution >= 0.6 is 11.6 Å². The van der Waals surface area contributed by atoms with Crippen LogP contribution in [0.25, 0.3) is 0 Å². The van der Waals surface area contributed by atoms with Crippen molar-refractivity contribution in [2.45, 2.75) is 5.38 Å². The lowest BCUT2D eigenvalue weighted by molar-refractivity contribution is 0.414. The summed E-state index contributed by atoms with van der Waals surface area (Å²) in [6, 6.07) is 16.3. The van der Waals surface area contributed by atoms with Crippen LogP contribution in [0.2, 0.25) is 0 Å². The van der Waals surface area contributed by atoms with Gasteiger partial charge in [-0.25, -0.2) is 0 Å². The van der Waals surface area contributed by atoms with Gasteiger partial charge in [0, 0.05) is 30.4 Å². The maximum Gasteiger partial charge on any atom is 0.119 e. The molecule has 2 aromatic rings. The second-order valence-corrected chi connectivity index (χ2v) is 6.03. The minimum absolute atomic E-state index is 0.000959. The molecule has 0 bridgehead atoms. The molecule has 0 aromatic heterocycles. The van der Waals surface area contributed by atoms with E-state index in [1.54, 1.807) is 7.11 Å². The highest BCUT2D eigenvalue weighted by Gasteiger charge is 2.20. The first-order valence-electron chi connectivity index (χ1n) is 7.32. The molecule has 0 amide bonds. The Labute approximate surface area is 136 Å². The van der Waals surface area contributed by atoms with Crippen molar-refractivity contribution in [1.82, 2.24) is 0 Å². The highest BCUT2D eigenvalue weighted by Crippen LogP contribution is 2.29. The van der Waals surface area contributed by atoms with Crippen LogP contribution in [0.1, 0.15) is 11.1 Å². The summed E-state index contributed by atoms with van der Waals surface area (Å²) < 4.78 is 5.39. The van der Waals surface area contributed by atoms with E-state index in [0.29, 0.717) is 6.54 Å². The first-order valence-corrected chi connectivity index (χ1v) is 7.76. The van der Waals surface area contributed by atoms with Gasteiger partial charge in [0.05, 0.1) is 24.7 Å². The molecule has 1 heterocycles. The molecule has 0 saturated heterocycles. The van der Waals surface area contributed by atoms with Crippen LogP contribution in [-0.2, 0) is 0 Å². The van der Waals surface area contributed by atoms with E-state index in [0.717, 1.165) is 34.8 Å². The highest BCUT2D eigenvalue weighted by atomic mass is 35.5. The molecule has 4 heteroatoms. The van der Waals surface area contributed by atoms with Gasteiger partial charge in [-0.3, -0.25) is 4.99 Å². The standard InChI is InChI=1S/C18H19ClN2O/c1-21-12-14(19)11-20-18(13-6-4-3-5-7-13)16-10-15(22-2)8-9-17(16)21/h3-10,14H,11-12H2,1-2H3/b20-18-. The third-order valence-corrected chi connectivity index (χ3v) is 4.11. The minimum atomic E-state index is -0.000959.